The summed E-state index contributed by atoms with van der Waals surface area (Å²) in [6.45, 7) is 5.34. The van der Waals surface area contributed by atoms with Crippen molar-refractivity contribution in [2.75, 3.05) is 31.1 Å². The second-order valence-corrected chi connectivity index (χ2v) is 6.54. The third-order valence-corrected chi connectivity index (χ3v) is 4.97. The number of allylic oxidation sites excluding steroid dienone is 1. The summed E-state index contributed by atoms with van der Waals surface area (Å²) in [5, 5.41) is 4.63. The Bertz CT molecular complexity index is 610. The summed E-state index contributed by atoms with van der Waals surface area (Å²) in [7, 11) is 1.94. The maximum atomic E-state index is 12.8. The maximum Gasteiger partial charge on any atom is 0.403 e. The van der Waals surface area contributed by atoms with Crippen molar-refractivity contribution in [3.63, 3.8) is 0 Å². The minimum atomic E-state index is -4.16. The number of halogens is 3. The predicted molar refractivity (Wildman–Crippen MR) is 84.5 cm³/mol. The van der Waals surface area contributed by atoms with Crippen LogP contribution in [-0.2, 0) is 13.5 Å². The number of aromatic nitrogens is 2. The number of anilines is 1. The Kier molecular flexibility index (Phi) is 4.16. The number of piperazine rings is 1. The monoisotopic (exact) mass is 328 g/mol. The lowest BCUT2D eigenvalue weighted by Gasteiger charge is -2.39. The van der Waals surface area contributed by atoms with E-state index in [0.717, 1.165) is 24.2 Å². The van der Waals surface area contributed by atoms with Gasteiger partial charge in [-0.05, 0) is 26.7 Å². The molecular weight excluding hydrogens is 305 g/mol. The number of fused-ring (bicyclic) bond motifs is 1. The molecule has 4 nitrogen and oxygen atoms in total. The Balaban J connectivity index is 1.75. The average Bonchev–Trinajstić information content (AvgIpc) is 2.82. The van der Waals surface area contributed by atoms with Crippen molar-refractivity contribution in [1.82, 2.24) is 14.7 Å². The van der Waals surface area contributed by atoms with Crippen molar-refractivity contribution in [3.8, 4) is 0 Å². The molecule has 2 aliphatic rings. The Morgan fingerprint density at radius 3 is 2.39 bits per heavy atom. The van der Waals surface area contributed by atoms with Gasteiger partial charge in [-0.1, -0.05) is 11.6 Å². The molecule has 0 bridgehead atoms. The predicted octanol–water partition coefficient (Wildman–Crippen LogP) is 2.84. The molecule has 1 aromatic rings. The molecule has 2 heterocycles. The van der Waals surface area contributed by atoms with Gasteiger partial charge in [0.05, 0.1) is 0 Å². The van der Waals surface area contributed by atoms with Gasteiger partial charge in [0.25, 0.3) is 0 Å². The molecule has 1 atom stereocenters. The van der Waals surface area contributed by atoms with E-state index in [0.29, 0.717) is 26.2 Å². The summed E-state index contributed by atoms with van der Waals surface area (Å²) in [5.74, 6) is 0.917. The lowest BCUT2D eigenvalue weighted by Crippen LogP contribution is -2.53. The molecule has 23 heavy (non-hydrogen) atoms. The molecule has 1 aliphatic heterocycles. The molecular formula is C16H23F3N4. The van der Waals surface area contributed by atoms with Gasteiger partial charge in [0.15, 0.2) is 5.82 Å². The van der Waals surface area contributed by atoms with Gasteiger partial charge in [0.1, 0.15) is 6.04 Å². The van der Waals surface area contributed by atoms with Crippen LogP contribution in [0.5, 0.6) is 0 Å². The van der Waals surface area contributed by atoms with E-state index in [1.54, 1.807) is 0 Å². The van der Waals surface area contributed by atoms with Crippen LogP contribution in [0.3, 0.4) is 0 Å². The molecule has 0 saturated carbocycles. The summed E-state index contributed by atoms with van der Waals surface area (Å²) in [6, 6.07) is -1.38. The molecule has 0 radical (unpaired) electrons. The number of hydrogen-bond acceptors (Lipinski definition) is 3. The zero-order chi connectivity index (χ0) is 16.8. The first kappa shape index (κ1) is 16.4. The fourth-order valence-corrected chi connectivity index (χ4v) is 3.40. The number of hydrogen-bond donors (Lipinski definition) is 0. The largest absolute Gasteiger partial charge is 0.403 e. The van der Waals surface area contributed by atoms with Gasteiger partial charge in [-0.15, -0.1) is 0 Å². The fourth-order valence-electron chi connectivity index (χ4n) is 3.40. The van der Waals surface area contributed by atoms with Crippen LogP contribution in [-0.4, -0.2) is 53.1 Å². The van der Waals surface area contributed by atoms with Crippen molar-refractivity contribution in [2.24, 2.45) is 7.05 Å². The quantitative estimate of drug-likeness (QED) is 0.834. The third-order valence-electron chi connectivity index (χ3n) is 4.97. The third kappa shape index (κ3) is 3.11. The molecule has 7 heteroatoms. The number of aryl methyl sites for hydroxylation is 1. The highest BCUT2D eigenvalue weighted by Gasteiger charge is 2.41. The highest BCUT2D eigenvalue weighted by molar-refractivity contribution is 5.70. The van der Waals surface area contributed by atoms with Crippen LogP contribution in [0, 0.1) is 0 Å². The van der Waals surface area contributed by atoms with Crippen LogP contribution >= 0.6 is 0 Å². The summed E-state index contributed by atoms with van der Waals surface area (Å²) >= 11 is 0. The maximum absolute atomic E-state index is 12.8. The van der Waals surface area contributed by atoms with E-state index in [2.05, 4.69) is 23.0 Å². The second-order valence-electron chi connectivity index (χ2n) is 6.54. The first-order chi connectivity index (χ1) is 10.8. The zero-order valence-electron chi connectivity index (χ0n) is 13.8. The van der Waals surface area contributed by atoms with E-state index < -0.39 is 12.2 Å². The van der Waals surface area contributed by atoms with Crippen molar-refractivity contribution in [2.45, 2.75) is 38.9 Å². The molecule has 0 spiro atoms. The molecule has 1 unspecified atom stereocenters. The molecule has 1 aromatic heterocycles. The van der Waals surface area contributed by atoms with E-state index in [-0.39, 0.29) is 0 Å². The SMILES string of the molecule is CC1=Cc2c(N3CCN(C(C)C(F)(F)F)CC3)nn(C)c2CC1. The van der Waals surface area contributed by atoms with Crippen molar-refractivity contribution in [1.29, 1.82) is 0 Å². The molecule has 1 fully saturated rings. The molecule has 1 saturated heterocycles. The van der Waals surface area contributed by atoms with Gasteiger partial charge in [-0.2, -0.15) is 18.3 Å². The Hall–Kier alpha value is -1.50. The van der Waals surface area contributed by atoms with Crippen LogP contribution in [0.25, 0.3) is 6.08 Å². The molecule has 1 aliphatic carbocycles. The Morgan fingerprint density at radius 2 is 1.78 bits per heavy atom. The lowest BCUT2D eigenvalue weighted by atomic mass is 9.98. The first-order valence-electron chi connectivity index (χ1n) is 8.06. The summed E-state index contributed by atoms with van der Waals surface area (Å²) in [4.78, 5) is 3.63. The van der Waals surface area contributed by atoms with Gasteiger partial charge in [-0.3, -0.25) is 9.58 Å². The summed E-state index contributed by atoms with van der Waals surface area (Å²) in [5.41, 5.74) is 3.70. The first-order valence-corrected chi connectivity index (χ1v) is 8.06. The minimum absolute atomic E-state index is 0.411. The average molecular weight is 328 g/mol. The molecule has 128 valence electrons. The van der Waals surface area contributed by atoms with Crippen LogP contribution < -0.4 is 4.90 Å². The van der Waals surface area contributed by atoms with E-state index in [1.807, 2.05) is 11.7 Å². The smallest absolute Gasteiger partial charge is 0.352 e. The summed E-state index contributed by atoms with van der Waals surface area (Å²) < 4.78 is 40.5. The van der Waals surface area contributed by atoms with E-state index >= 15 is 0 Å². The minimum Gasteiger partial charge on any atom is -0.352 e. The van der Waals surface area contributed by atoms with Gasteiger partial charge in [0.2, 0.25) is 0 Å². The van der Waals surface area contributed by atoms with E-state index in [1.165, 1.54) is 23.1 Å². The van der Waals surface area contributed by atoms with E-state index in [4.69, 9.17) is 0 Å². The normalized spacial score (nSPS) is 21.1. The molecule has 0 N–H and O–H groups in total. The summed E-state index contributed by atoms with van der Waals surface area (Å²) in [6.07, 6.45) is 0.0349. The van der Waals surface area contributed by atoms with Gasteiger partial charge in [0, 0.05) is 44.5 Å². The molecule has 0 aromatic carbocycles. The van der Waals surface area contributed by atoms with Crippen LogP contribution in [0.2, 0.25) is 0 Å². The highest BCUT2D eigenvalue weighted by atomic mass is 19.4. The molecule has 0 amide bonds. The highest BCUT2D eigenvalue weighted by Crippen LogP contribution is 2.32. The van der Waals surface area contributed by atoms with E-state index in [9.17, 15) is 13.2 Å². The van der Waals surface area contributed by atoms with Crippen molar-refractivity contribution >= 4 is 11.9 Å². The van der Waals surface area contributed by atoms with Gasteiger partial charge < -0.3 is 4.90 Å². The fraction of sp³-hybridized carbons (Fsp3) is 0.688. The number of alkyl halides is 3. The van der Waals surface area contributed by atoms with Crippen LogP contribution in [0.4, 0.5) is 19.0 Å². The number of rotatable bonds is 2. The topological polar surface area (TPSA) is 24.3 Å². The molecule has 3 rings (SSSR count). The van der Waals surface area contributed by atoms with Crippen LogP contribution in [0.15, 0.2) is 5.57 Å². The van der Waals surface area contributed by atoms with Crippen molar-refractivity contribution in [3.05, 3.63) is 16.8 Å². The van der Waals surface area contributed by atoms with Gasteiger partial charge in [-0.25, -0.2) is 0 Å². The van der Waals surface area contributed by atoms with Gasteiger partial charge >= 0.3 is 6.18 Å². The zero-order valence-corrected chi connectivity index (χ0v) is 13.8. The second kappa shape index (κ2) is 5.85. The number of nitrogens with zero attached hydrogens (tertiary/aromatic N) is 4. The standard InChI is InChI=1S/C16H23F3N4/c1-11-4-5-14-13(10-11)15(20-21(14)3)23-8-6-22(7-9-23)12(2)16(17,18)19/h10,12H,4-9H2,1-3H3. The van der Waals surface area contributed by atoms with Crippen LogP contribution in [0.1, 0.15) is 31.5 Å². The Labute approximate surface area is 134 Å². The van der Waals surface area contributed by atoms with Crippen molar-refractivity contribution < 1.29 is 13.2 Å². The lowest BCUT2D eigenvalue weighted by molar-refractivity contribution is -0.179. The Morgan fingerprint density at radius 1 is 1.13 bits per heavy atom.